The molecule has 1 aliphatic rings. The van der Waals surface area contributed by atoms with Crippen molar-refractivity contribution < 1.29 is 13.2 Å². The molecule has 1 aromatic rings. The summed E-state index contributed by atoms with van der Waals surface area (Å²) in [6, 6.07) is 7.69. The van der Waals surface area contributed by atoms with Crippen LogP contribution in [-0.2, 0) is 0 Å². The van der Waals surface area contributed by atoms with Gasteiger partial charge in [0.25, 0.3) is 0 Å². The number of aliphatic imine (C=N–C) groups is 1. The summed E-state index contributed by atoms with van der Waals surface area (Å²) in [5, 5.41) is 0. The molecule has 1 saturated carbocycles. The van der Waals surface area contributed by atoms with Crippen LogP contribution in [-0.4, -0.2) is 17.9 Å². The van der Waals surface area contributed by atoms with Crippen molar-refractivity contribution in [1.29, 1.82) is 0 Å². The maximum absolute atomic E-state index is 13.0. The van der Waals surface area contributed by atoms with E-state index in [9.17, 15) is 13.2 Å². The molecule has 2 rings (SSSR count). The van der Waals surface area contributed by atoms with E-state index in [1.807, 2.05) is 0 Å². The number of rotatable bonds is 2. The van der Waals surface area contributed by atoms with Crippen molar-refractivity contribution >= 4 is 5.71 Å². The van der Waals surface area contributed by atoms with Gasteiger partial charge in [0.2, 0.25) is 0 Å². The van der Waals surface area contributed by atoms with Crippen LogP contribution in [0.3, 0.4) is 0 Å². The van der Waals surface area contributed by atoms with Gasteiger partial charge in [-0.1, -0.05) is 49.6 Å². The van der Waals surface area contributed by atoms with Gasteiger partial charge < -0.3 is 0 Å². The van der Waals surface area contributed by atoms with Gasteiger partial charge in [-0.25, -0.2) is 0 Å². The monoisotopic (exact) mass is 255 g/mol. The van der Waals surface area contributed by atoms with Gasteiger partial charge in [-0.3, -0.25) is 4.99 Å². The van der Waals surface area contributed by atoms with Crippen molar-refractivity contribution in [2.75, 3.05) is 0 Å². The van der Waals surface area contributed by atoms with E-state index in [-0.39, 0.29) is 11.6 Å². The van der Waals surface area contributed by atoms with Gasteiger partial charge in [0.15, 0.2) is 0 Å². The minimum absolute atomic E-state index is 0.163. The maximum atomic E-state index is 13.0. The Balaban J connectivity index is 2.28. The largest absolute Gasteiger partial charge is 0.433 e. The zero-order valence-corrected chi connectivity index (χ0v) is 10.1. The van der Waals surface area contributed by atoms with E-state index in [1.54, 1.807) is 18.2 Å². The summed E-state index contributed by atoms with van der Waals surface area (Å²) in [6.07, 6.45) is 0.235. The van der Waals surface area contributed by atoms with Crippen molar-refractivity contribution in [3.8, 4) is 0 Å². The average molecular weight is 255 g/mol. The highest BCUT2D eigenvalue weighted by molar-refractivity contribution is 6.04. The lowest BCUT2D eigenvalue weighted by Crippen LogP contribution is -2.27. The van der Waals surface area contributed by atoms with Crippen molar-refractivity contribution in [1.82, 2.24) is 0 Å². The molecule has 1 fully saturated rings. The number of benzene rings is 1. The molecule has 0 saturated heterocycles. The summed E-state index contributed by atoms with van der Waals surface area (Å²) in [6.45, 7) is 0. The molecule has 4 heteroatoms. The molecule has 1 aliphatic carbocycles. The molecule has 0 spiro atoms. The fourth-order valence-corrected chi connectivity index (χ4v) is 2.30. The summed E-state index contributed by atoms with van der Waals surface area (Å²) < 4.78 is 39.1. The Morgan fingerprint density at radius 2 is 1.61 bits per heavy atom. The first-order valence-electron chi connectivity index (χ1n) is 6.28. The number of alkyl halides is 3. The van der Waals surface area contributed by atoms with Gasteiger partial charge in [-0.05, 0) is 12.8 Å². The van der Waals surface area contributed by atoms with Crippen molar-refractivity contribution in [2.45, 2.75) is 44.3 Å². The molecule has 0 heterocycles. The zero-order chi connectivity index (χ0) is 13.0. The van der Waals surface area contributed by atoms with Crippen LogP contribution >= 0.6 is 0 Å². The van der Waals surface area contributed by atoms with Crippen LogP contribution in [0.4, 0.5) is 13.2 Å². The molecule has 0 N–H and O–H groups in total. The van der Waals surface area contributed by atoms with Gasteiger partial charge in [0.1, 0.15) is 5.71 Å². The highest BCUT2D eigenvalue weighted by atomic mass is 19.4. The van der Waals surface area contributed by atoms with Crippen molar-refractivity contribution in [3.63, 3.8) is 0 Å². The lowest BCUT2D eigenvalue weighted by Gasteiger charge is -2.20. The third-order valence-corrected chi connectivity index (χ3v) is 3.20. The molecular weight excluding hydrogens is 239 g/mol. The normalized spacial score (nSPS) is 18.9. The Kier molecular flexibility index (Phi) is 4.04. The topological polar surface area (TPSA) is 12.4 Å². The van der Waals surface area contributed by atoms with Crippen LogP contribution in [0.25, 0.3) is 0 Å². The van der Waals surface area contributed by atoms with E-state index in [0.717, 1.165) is 32.1 Å². The zero-order valence-electron chi connectivity index (χ0n) is 10.1. The minimum Gasteiger partial charge on any atom is -0.277 e. The van der Waals surface area contributed by atoms with Crippen LogP contribution < -0.4 is 0 Å². The van der Waals surface area contributed by atoms with E-state index < -0.39 is 11.9 Å². The Labute approximate surface area is 105 Å². The third-order valence-electron chi connectivity index (χ3n) is 3.20. The van der Waals surface area contributed by atoms with Gasteiger partial charge in [-0.2, -0.15) is 13.2 Å². The second kappa shape index (κ2) is 5.55. The molecule has 0 radical (unpaired) electrons. The number of hydrogen-bond donors (Lipinski definition) is 0. The average Bonchev–Trinajstić information content (AvgIpc) is 2.37. The molecule has 0 aliphatic heterocycles. The van der Waals surface area contributed by atoms with E-state index in [0.29, 0.717) is 0 Å². The highest BCUT2D eigenvalue weighted by Gasteiger charge is 2.37. The quantitative estimate of drug-likeness (QED) is 0.696. The minimum atomic E-state index is -4.38. The Morgan fingerprint density at radius 3 is 2.17 bits per heavy atom. The Morgan fingerprint density at radius 1 is 1.00 bits per heavy atom. The standard InChI is InChI=1S/C14H16F3N/c15-14(16,17)13(11-7-3-1-4-8-11)18-12-9-5-2-6-10-12/h1,3-4,7-8,12H,2,5-6,9-10H2. The predicted molar refractivity (Wildman–Crippen MR) is 65.9 cm³/mol. The summed E-state index contributed by atoms with van der Waals surface area (Å²) in [4.78, 5) is 3.97. The molecule has 0 amide bonds. The first kappa shape index (κ1) is 13.1. The third kappa shape index (κ3) is 3.34. The predicted octanol–water partition coefficient (Wildman–Crippen LogP) is 4.37. The fourth-order valence-electron chi connectivity index (χ4n) is 2.30. The molecule has 18 heavy (non-hydrogen) atoms. The van der Waals surface area contributed by atoms with Crippen LogP contribution in [0.1, 0.15) is 37.7 Å². The first-order valence-corrected chi connectivity index (χ1v) is 6.28. The van der Waals surface area contributed by atoms with Crippen LogP contribution in [0.5, 0.6) is 0 Å². The van der Waals surface area contributed by atoms with E-state index >= 15 is 0 Å². The number of halogens is 3. The summed E-state index contributed by atoms with van der Waals surface area (Å²) in [5.41, 5.74) is -0.564. The smallest absolute Gasteiger partial charge is 0.277 e. The molecule has 0 unspecified atom stereocenters. The van der Waals surface area contributed by atoms with E-state index in [2.05, 4.69) is 4.99 Å². The van der Waals surface area contributed by atoms with Gasteiger partial charge >= 0.3 is 6.18 Å². The van der Waals surface area contributed by atoms with Crippen molar-refractivity contribution in [3.05, 3.63) is 35.9 Å². The molecular formula is C14H16F3N. The second-order valence-electron chi connectivity index (χ2n) is 4.63. The number of nitrogens with zero attached hydrogens (tertiary/aromatic N) is 1. The maximum Gasteiger partial charge on any atom is 0.433 e. The van der Waals surface area contributed by atoms with E-state index in [1.165, 1.54) is 12.1 Å². The second-order valence-corrected chi connectivity index (χ2v) is 4.63. The Bertz CT molecular complexity index is 403. The molecule has 1 nitrogen and oxygen atoms in total. The molecule has 1 aromatic carbocycles. The fraction of sp³-hybridized carbons (Fsp3) is 0.500. The summed E-state index contributed by atoms with van der Waals surface area (Å²) in [5.74, 6) is 0. The lowest BCUT2D eigenvalue weighted by molar-refractivity contribution is -0.0585. The number of hydrogen-bond acceptors (Lipinski definition) is 1. The summed E-state index contributed by atoms with van der Waals surface area (Å²) in [7, 11) is 0. The molecule has 0 bridgehead atoms. The Hall–Kier alpha value is -1.32. The van der Waals surface area contributed by atoms with Crippen molar-refractivity contribution in [2.24, 2.45) is 4.99 Å². The SMILES string of the molecule is FC(F)(F)C(=NC1CCCCC1)c1ccccc1. The van der Waals surface area contributed by atoms with Crippen LogP contribution in [0, 0.1) is 0 Å². The van der Waals surface area contributed by atoms with Gasteiger partial charge in [-0.15, -0.1) is 0 Å². The molecule has 98 valence electrons. The highest BCUT2D eigenvalue weighted by Crippen LogP contribution is 2.27. The molecule has 0 atom stereocenters. The van der Waals surface area contributed by atoms with Crippen LogP contribution in [0.2, 0.25) is 0 Å². The van der Waals surface area contributed by atoms with Crippen LogP contribution in [0.15, 0.2) is 35.3 Å². The summed E-state index contributed by atoms with van der Waals surface area (Å²) >= 11 is 0. The van der Waals surface area contributed by atoms with Gasteiger partial charge in [0, 0.05) is 5.56 Å². The first-order chi connectivity index (χ1) is 8.57. The lowest BCUT2D eigenvalue weighted by atomic mass is 9.95. The van der Waals surface area contributed by atoms with E-state index in [4.69, 9.17) is 0 Å². The van der Waals surface area contributed by atoms with Gasteiger partial charge in [0.05, 0.1) is 6.04 Å². The molecule has 0 aromatic heterocycles.